The highest BCUT2D eigenvalue weighted by Crippen LogP contribution is 2.06. The van der Waals surface area contributed by atoms with Crippen LogP contribution in [0.5, 0.6) is 0 Å². The van der Waals surface area contributed by atoms with E-state index in [1.807, 2.05) is 0 Å². The lowest BCUT2D eigenvalue weighted by Crippen LogP contribution is -2.53. The second kappa shape index (κ2) is 10.3. The Morgan fingerprint density at radius 1 is 0.812 bits per heavy atom. The third kappa shape index (κ3) is 5.43. The minimum atomic E-state index is -0.891. The summed E-state index contributed by atoms with van der Waals surface area (Å²) in [5, 5.41) is 3.47. The standard InChI is InChI=1S/C12H31N3Si/c1-6-13-11-12-16(14(7-2)8-3)15(9-4)10-5/h13,16H,6-12H2,1-5H3. The summed E-state index contributed by atoms with van der Waals surface area (Å²) in [5.74, 6) is 0. The van der Waals surface area contributed by atoms with Crippen molar-refractivity contribution in [3.63, 3.8) is 0 Å². The Bertz CT molecular complexity index is 135. The van der Waals surface area contributed by atoms with Gasteiger partial charge < -0.3 is 14.4 Å². The molecule has 0 amide bonds. The van der Waals surface area contributed by atoms with Crippen molar-refractivity contribution >= 4 is 9.12 Å². The van der Waals surface area contributed by atoms with Crippen molar-refractivity contribution in [1.29, 1.82) is 0 Å². The molecule has 1 N–H and O–H groups in total. The highest BCUT2D eigenvalue weighted by atomic mass is 28.3. The van der Waals surface area contributed by atoms with Crippen molar-refractivity contribution in [3.05, 3.63) is 0 Å². The van der Waals surface area contributed by atoms with Gasteiger partial charge in [-0.2, -0.15) is 0 Å². The van der Waals surface area contributed by atoms with Crippen LogP contribution in [-0.4, -0.2) is 57.5 Å². The Morgan fingerprint density at radius 2 is 1.25 bits per heavy atom. The minimum absolute atomic E-state index is 0.891. The number of nitrogens with zero attached hydrogens (tertiary/aromatic N) is 2. The van der Waals surface area contributed by atoms with Gasteiger partial charge in [0, 0.05) is 0 Å². The van der Waals surface area contributed by atoms with Crippen molar-refractivity contribution in [1.82, 2.24) is 14.4 Å². The fraction of sp³-hybridized carbons (Fsp3) is 1.00. The van der Waals surface area contributed by atoms with Crippen LogP contribution in [-0.2, 0) is 0 Å². The second-order valence-electron chi connectivity index (χ2n) is 4.07. The number of hydrogen-bond donors (Lipinski definition) is 1. The molecule has 0 fully saturated rings. The van der Waals surface area contributed by atoms with Gasteiger partial charge in [-0.15, -0.1) is 0 Å². The van der Waals surface area contributed by atoms with Gasteiger partial charge >= 0.3 is 0 Å². The number of rotatable bonds is 10. The predicted molar refractivity (Wildman–Crippen MR) is 76.3 cm³/mol. The topological polar surface area (TPSA) is 18.5 Å². The van der Waals surface area contributed by atoms with Crippen LogP contribution in [0.25, 0.3) is 0 Å². The third-order valence-corrected chi connectivity index (χ3v) is 7.25. The van der Waals surface area contributed by atoms with Crippen LogP contribution < -0.4 is 5.32 Å². The first kappa shape index (κ1) is 16.1. The summed E-state index contributed by atoms with van der Waals surface area (Å²) in [6.07, 6.45) is 0. The second-order valence-corrected chi connectivity index (χ2v) is 7.06. The zero-order chi connectivity index (χ0) is 12.4. The molecule has 0 aliphatic heterocycles. The fourth-order valence-corrected chi connectivity index (χ4v) is 5.63. The molecular formula is C12H31N3Si. The highest BCUT2D eigenvalue weighted by molar-refractivity contribution is 6.52. The molecule has 0 rings (SSSR count). The van der Waals surface area contributed by atoms with Gasteiger partial charge in [0.1, 0.15) is 0 Å². The molecular weight excluding hydrogens is 214 g/mol. The van der Waals surface area contributed by atoms with Gasteiger partial charge in [-0.25, -0.2) is 0 Å². The molecule has 0 aliphatic carbocycles. The minimum Gasteiger partial charge on any atom is -0.317 e. The molecule has 0 aromatic rings. The normalized spacial score (nSPS) is 12.0. The van der Waals surface area contributed by atoms with Crippen LogP contribution in [0.15, 0.2) is 0 Å². The van der Waals surface area contributed by atoms with E-state index in [9.17, 15) is 0 Å². The molecule has 0 aromatic carbocycles. The van der Waals surface area contributed by atoms with Gasteiger partial charge in [-0.3, -0.25) is 0 Å². The average molecular weight is 245 g/mol. The lowest BCUT2D eigenvalue weighted by atomic mass is 10.6. The van der Waals surface area contributed by atoms with Crippen LogP contribution in [0, 0.1) is 0 Å². The largest absolute Gasteiger partial charge is 0.317 e. The van der Waals surface area contributed by atoms with Gasteiger partial charge in [0.25, 0.3) is 0 Å². The van der Waals surface area contributed by atoms with E-state index < -0.39 is 9.12 Å². The van der Waals surface area contributed by atoms with Crippen molar-refractivity contribution in [3.8, 4) is 0 Å². The average Bonchev–Trinajstić information content (AvgIpc) is 2.31. The molecule has 0 radical (unpaired) electrons. The van der Waals surface area contributed by atoms with E-state index in [0.717, 1.165) is 6.54 Å². The Hall–Kier alpha value is 0.0969. The van der Waals surface area contributed by atoms with E-state index in [0.29, 0.717) is 0 Å². The summed E-state index contributed by atoms with van der Waals surface area (Å²) in [5.41, 5.74) is 0. The molecule has 0 spiro atoms. The Balaban J connectivity index is 4.34. The molecule has 4 heteroatoms. The third-order valence-electron chi connectivity index (χ3n) is 3.30. The lowest BCUT2D eigenvalue weighted by Gasteiger charge is -2.36. The molecule has 0 saturated carbocycles. The first-order valence-electron chi connectivity index (χ1n) is 6.93. The molecule has 0 bridgehead atoms. The Labute approximate surface area is 104 Å². The van der Waals surface area contributed by atoms with E-state index in [4.69, 9.17) is 0 Å². The maximum Gasteiger partial charge on any atom is 0.191 e. The first-order valence-corrected chi connectivity index (χ1v) is 8.78. The van der Waals surface area contributed by atoms with Gasteiger partial charge in [0.15, 0.2) is 9.12 Å². The quantitative estimate of drug-likeness (QED) is 0.465. The van der Waals surface area contributed by atoms with Crippen molar-refractivity contribution < 1.29 is 0 Å². The molecule has 0 saturated heterocycles. The van der Waals surface area contributed by atoms with E-state index in [1.165, 1.54) is 38.8 Å². The Kier molecular flexibility index (Phi) is 10.3. The first-order chi connectivity index (χ1) is 7.74. The SMILES string of the molecule is CCNCC[SiH](N(CC)CC)N(CC)CC. The zero-order valence-electron chi connectivity index (χ0n) is 11.9. The zero-order valence-corrected chi connectivity index (χ0v) is 13.1. The summed E-state index contributed by atoms with van der Waals surface area (Å²) < 4.78 is 5.40. The van der Waals surface area contributed by atoms with E-state index >= 15 is 0 Å². The van der Waals surface area contributed by atoms with Crippen molar-refractivity contribution in [2.75, 3.05) is 39.3 Å². The summed E-state index contributed by atoms with van der Waals surface area (Å²) in [7, 11) is -0.891. The highest BCUT2D eigenvalue weighted by Gasteiger charge is 2.22. The number of nitrogens with one attached hydrogen (secondary N) is 1. The molecule has 98 valence electrons. The molecule has 0 atom stereocenters. The van der Waals surface area contributed by atoms with Gasteiger partial charge in [-0.05, 0) is 45.3 Å². The van der Waals surface area contributed by atoms with Crippen LogP contribution in [0.4, 0.5) is 0 Å². The van der Waals surface area contributed by atoms with Gasteiger partial charge in [0.2, 0.25) is 0 Å². The molecule has 3 nitrogen and oxygen atoms in total. The van der Waals surface area contributed by atoms with Gasteiger partial charge in [0.05, 0.1) is 0 Å². The molecule has 16 heavy (non-hydrogen) atoms. The molecule has 0 aliphatic rings. The smallest absolute Gasteiger partial charge is 0.191 e. The van der Waals surface area contributed by atoms with Crippen molar-refractivity contribution in [2.24, 2.45) is 0 Å². The van der Waals surface area contributed by atoms with Crippen molar-refractivity contribution in [2.45, 2.75) is 40.7 Å². The molecule has 0 heterocycles. The molecule has 0 unspecified atom stereocenters. The maximum atomic E-state index is 3.47. The van der Waals surface area contributed by atoms with E-state index in [2.05, 4.69) is 49.1 Å². The predicted octanol–water partition coefficient (Wildman–Crippen LogP) is 1.50. The lowest BCUT2D eigenvalue weighted by molar-refractivity contribution is 0.375. The van der Waals surface area contributed by atoms with Gasteiger partial charge in [-0.1, -0.05) is 34.6 Å². The van der Waals surface area contributed by atoms with Crippen LogP contribution in [0.3, 0.4) is 0 Å². The van der Waals surface area contributed by atoms with Crippen LogP contribution >= 0.6 is 0 Å². The van der Waals surface area contributed by atoms with Crippen LogP contribution in [0.2, 0.25) is 6.04 Å². The van der Waals surface area contributed by atoms with Crippen LogP contribution in [0.1, 0.15) is 34.6 Å². The maximum absolute atomic E-state index is 3.47. The van der Waals surface area contributed by atoms with E-state index in [1.54, 1.807) is 0 Å². The monoisotopic (exact) mass is 245 g/mol. The molecule has 0 aromatic heterocycles. The summed E-state index contributed by atoms with van der Waals surface area (Å²) >= 11 is 0. The fourth-order valence-electron chi connectivity index (χ4n) is 2.29. The van der Waals surface area contributed by atoms with E-state index in [-0.39, 0.29) is 0 Å². The number of hydrogen-bond acceptors (Lipinski definition) is 3. The summed E-state index contributed by atoms with van der Waals surface area (Å²) in [6, 6.07) is 1.36. The Morgan fingerprint density at radius 3 is 1.56 bits per heavy atom. The summed E-state index contributed by atoms with van der Waals surface area (Å²) in [4.78, 5) is 0. The summed E-state index contributed by atoms with van der Waals surface area (Å²) in [6.45, 7) is 18.4.